The molecule has 0 aromatic heterocycles. The van der Waals surface area contributed by atoms with Crippen molar-refractivity contribution < 1.29 is 0 Å². The first kappa shape index (κ1) is 16.5. The van der Waals surface area contributed by atoms with Crippen molar-refractivity contribution in [2.75, 3.05) is 0 Å². The highest BCUT2D eigenvalue weighted by atomic mass is 14.0. The second-order valence-electron chi connectivity index (χ2n) is 4.87. The van der Waals surface area contributed by atoms with E-state index in [1.165, 1.54) is 70.6 Å². The van der Waals surface area contributed by atoms with Crippen molar-refractivity contribution in [1.82, 2.24) is 0 Å². The molecule has 0 heterocycles. The molecule has 0 saturated heterocycles. The quantitative estimate of drug-likeness (QED) is 0.262. The van der Waals surface area contributed by atoms with Crippen LogP contribution in [-0.4, -0.2) is 0 Å². The molecule has 17 heavy (non-hydrogen) atoms. The molecule has 0 spiro atoms. The minimum atomic E-state index is 1.09. The molecule has 0 heteroatoms. The lowest BCUT2D eigenvalue weighted by Crippen LogP contribution is -1.81. The molecule has 0 amide bonds. The standard InChI is InChI=1S/C17H31/c1-3-5-7-9-11-13-15-17-16-14-12-10-8-6-4-2/h1,3,6,8H,4-5,7,9-17H2,2H3. The molecule has 0 rings (SSSR count). The van der Waals surface area contributed by atoms with E-state index in [1.54, 1.807) is 6.08 Å². The molecule has 0 N–H and O–H groups in total. The van der Waals surface area contributed by atoms with Crippen LogP contribution in [0.3, 0.4) is 0 Å². The van der Waals surface area contributed by atoms with Crippen LogP contribution in [0.25, 0.3) is 0 Å². The van der Waals surface area contributed by atoms with Crippen molar-refractivity contribution in [1.29, 1.82) is 0 Å². The molecule has 0 fully saturated rings. The van der Waals surface area contributed by atoms with E-state index < -0.39 is 0 Å². The van der Waals surface area contributed by atoms with Crippen molar-refractivity contribution in [3.63, 3.8) is 0 Å². The summed E-state index contributed by atoms with van der Waals surface area (Å²) in [5.74, 6) is 0. The number of hydrogen-bond donors (Lipinski definition) is 0. The van der Waals surface area contributed by atoms with Crippen LogP contribution < -0.4 is 0 Å². The van der Waals surface area contributed by atoms with Gasteiger partial charge in [0.2, 0.25) is 0 Å². The summed E-state index contributed by atoms with van der Waals surface area (Å²) in [6.45, 7) is 7.53. The van der Waals surface area contributed by atoms with Crippen LogP contribution in [0, 0.1) is 6.58 Å². The van der Waals surface area contributed by atoms with Crippen LogP contribution in [0.5, 0.6) is 0 Å². The summed E-state index contributed by atoms with van der Waals surface area (Å²) in [6, 6.07) is 0. The van der Waals surface area contributed by atoms with Gasteiger partial charge >= 0.3 is 0 Å². The van der Waals surface area contributed by atoms with Crippen molar-refractivity contribution in [3.05, 3.63) is 24.8 Å². The number of allylic oxidation sites excluding steroid dienone is 3. The highest BCUT2D eigenvalue weighted by molar-refractivity contribution is 4.79. The summed E-state index contributed by atoms with van der Waals surface area (Å²) in [7, 11) is 0. The molecule has 0 unspecified atom stereocenters. The zero-order valence-corrected chi connectivity index (χ0v) is 11.8. The fourth-order valence-electron chi connectivity index (χ4n) is 2.05. The van der Waals surface area contributed by atoms with E-state index in [1.807, 2.05) is 0 Å². The Kier molecular flexibility index (Phi) is 15.0. The predicted octanol–water partition coefficient (Wildman–Crippen LogP) is 6.23. The van der Waals surface area contributed by atoms with Gasteiger partial charge in [0, 0.05) is 0 Å². The van der Waals surface area contributed by atoms with E-state index in [0.29, 0.717) is 0 Å². The van der Waals surface area contributed by atoms with E-state index in [4.69, 9.17) is 6.58 Å². The van der Waals surface area contributed by atoms with Gasteiger partial charge in [-0.25, -0.2) is 0 Å². The fraction of sp³-hybridized carbons (Fsp3) is 0.765. The Morgan fingerprint density at radius 1 is 0.647 bits per heavy atom. The third-order valence-corrected chi connectivity index (χ3v) is 3.14. The predicted molar refractivity (Wildman–Crippen MR) is 79.1 cm³/mol. The van der Waals surface area contributed by atoms with E-state index in [0.717, 1.165) is 6.42 Å². The Hall–Kier alpha value is -0.520. The van der Waals surface area contributed by atoms with Crippen LogP contribution in [0.1, 0.15) is 84.0 Å². The van der Waals surface area contributed by atoms with Gasteiger partial charge in [0.1, 0.15) is 0 Å². The summed E-state index contributed by atoms with van der Waals surface area (Å²) in [6.07, 6.45) is 22.5. The van der Waals surface area contributed by atoms with Gasteiger partial charge in [0.15, 0.2) is 0 Å². The minimum absolute atomic E-state index is 1.09. The summed E-state index contributed by atoms with van der Waals surface area (Å²) in [5, 5.41) is 0. The number of rotatable bonds is 13. The molecule has 0 bridgehead atoms. The number of hydrogen-bond acceptors (Lipinski definition) is 0. The second-order valence-corrected chi connectivity index (χ2v) is 4.87. The molecule has 0 nitrogen and oxygen atoms in total. The van der Waals surface area contributed by atoms with Gasteiger partial charge in [-0.2, -0.15) is 0 Å². The first-order valence-electron chi connectivity index (χ1n) is 7.60. The molecule has 0 atom stereocenters. The molecule has 99 valence electrons. The first-order chi connectivity index (χ1) is 8.41. The summed E-state index contributed by atoms with van der Waals surface area (Å²) in [4.78, 5) is 0. The van der Waals surface area contributed by atoms with Gasteiger partial charge in [0.25, 0.3) is 0 Å². The van der Waals surface area contributed by atoms with Gasteiger partial charge in [-0.05, 0) is 32.1 Å². The lowest BCUT2D eigenvalue weighted by atomic mass is 10.1. The third-order valence-electron chi connectivity index (χ3n) is 3.14. The third kappa shape index (κ3) is 15.5. The van der Waals surface area contributed by atoms with E-state index in [-0.39, 0.29) is 0 Å². The molecule has 0 saturated carbocycles. The monoisotopic (exact) mass is 235 g/mol. The largest absolute Gasteiger partial charge is 0.0888 e. The van der Waals surface area contributed by atoms with Crippen LogP contribution in [0.4, 0.5) is 0 Å². The van der Waals surface area contributed by atoms with Gasteiger partial charge in [-0.15, -0.1) is 0 Å². The number of unbranched alkanes of at least 4 members (excludes halogenated alkanes) is 10. The zero-order valence-electron chi connectivity index (χ0n) is 11.8. The first-order valence-corrected chi connectivity index (χ1v) is 7.60. The lowest BCUT2D eigenvalue weighted by molar-refractivity contribution is 0.561. The average molecular weight is 235 g/mol. The summed E-state index contributed by atoms with van der Waals surface area (Å²) >= 11 is 0. The molecule has 1 radical (unpaired) electrons. The van der Waals surface area contributed by atoms with E-state index in [9.17, 15) is 0 Å². The van der Waals surface area contributed by atoms with Gasteiger partial charge < -0.3 is 0 Å². The van der Waals surface area contributed by atoms with E-state index >= 15 is 0 Å². The van der Waals surface area contributed by atoms with Crippen LogP contribution in [-0.2, 0) is 0 Å². The second kappa shape index (κ2) is 15.5. The van der Waals surface area contributed by atoms with Crippen molar-refractivity contribution in [3.8, 4) is 0 Å². The maximum Gasteiger partial charge on any atom is -0.0348 e. The molecule has 0 aliphatic heterocycles. The molecular formula is C17H31. The SMILES string of the molecule is [CH]=CCCCCCCCCCCCC=CCC. The highest BCUT2D eigenvalue weighted by Gasteiger charge is 1.91. The van der Waals surface area contributed by atoms with Crippen LogP contribution in [0.2, 0.25) is 0 Å². The van der Waals surface area contributed by atoms with Crippen molar-refractivity contribution in [2.45, 2.75) is 84.0 Å². The van der Waals surface area contributed by atoms with Crippen molar-refractivity contribution >= 4 is 0 Å². The smallest absolute Gasteiger partial charge is 0.0348 e. The molecular weight excluding hydrogens is 204 g/mol. The molecule has 0 aromatic carbocycles. The van der Waals surface area contributed by atoms with Crippen LogP contribution >= 0.6 is 0 Å². The van der Waals surface area contributed by atoms with Crippen molar-refractivity contribution in [2.24, 2.45) is 0 Å². The van der Waals surface area contributed by atoms with Gasteiger partial charge in [0.05, 0.1) is 0 Å². The Balaban J connectivity index is 2.93. The summed E-state index contributed by atoms with van der Waals surface area (Å²) in [5.41, 5.74) is 0. The van der Waals surface area contributed by atoms with E-state index in [2.05, 4.69) is 19.1 Å². The van der Waals surface area contributed by atoms with Crippen LogP contribution in [0.15, 0.2) is 18.2 Å². The Morgan fingerprint density at radius 3 is 1.59 bits per heavy atom. The Bertz CT molecular complexity index is 167. The minimum Gasteiger partial charge on any atom is -0.0888 e. The van der Waals surface area contributed by atoms with Gasteiger partial charge in [-0.1, -0.05) is 76.7 Å². The zero-order chi connectivity index (χ0) is 12.6. The molecule has 0 aromatic rings. The highest BCUT2D eigenvalue weighted by Crippen LogP contribution is 2.11. The summed E-state index contributed by atoms with van der Waals surface area (Å²) < 4.78 is 0. The Morgan fingerprint density at radius 2 is 1.12 bits per heavy atom. The lowest BCUT2D eigenvalue weighted by Gasteiger charge is -2.01. The molecule has 0 aliphatic rings. The maximum atomic E-state index is 5.34. The fourth-order valence-corrected chi connectivity index (χ4v) is 2.05. The molecule has 0 aliphatic carbocycles. The topological polar surface area (TPSA) is 0 Å². The maximum absolute atomic E-state index is 5.34. The normalized spacial score (nSPS) is 11.1. The Labute approximate surface area is 109 Å². The van der Waals surface area contributed by atoms with Gasteiger partial charge in [-0.3, -0.25) is 0 Å². The average Bonchev–Trinajstić information content (AvgIpc) is 2.35.